The average molecular weight is 281 g/mol. The van der Waals surface area contributed by atoms with Crippen molar-refractivity contribution in [2.75, 3.05) is 18.7 Å². The molecule has 1 saturated heterocycles. The maximum Gasteiger partial charge on any atom is 0.327 e. The van der Waals surface area contributed by atoms with Crippen LogP contribution in [0.2, 0.25) is 0 Å². The molecular formula is C12H15N3O3S. The van der Waals surface area contributed by atoms with Crippen molar-refractivity contribution < 1.29 is 14.7 Å². The number of pyridine rings is 1. The van der Waals surface area contributed by atoms with Gasteiger partial charge in [0.15, 0.2) is 0 Å². The van der Waals surface area contributed by atoms with Crippen LogP contribution in [0.15, 0.2) is 24.5 Å². The van der Waals surface area contributed by atoms with Crippen LogP contribution in [0.5, 0.6) is 0 Å². The number of aromatic nitrogens is 1. The van der Waals surface area contributed by atoms with E-state index < -0.39 is 12.0 Å². The first-order valence-corrected chi connectivity index (χ1v) is 6.96. The molecule has 0 unspecified atom stereocenters. The zero-order chi connectivity index (χ0) is 13.8. The summed E-state index contributed by atoms with van der Waals surface area (Å²) in [7, 11) is 1.66. The lowest BCUT2D eigenvalue weighted by atomic mass is 10.2. The molecule has 1 aliphatic rings. The minimum absolute atomic E-state index is 0.263. The van der Waals surface area contributed by atoms with E-state index in [-0.39, 0.29) is 6.03 Å². The molecule has 19 heavy (non-hydrogen) atoms. The smallest absolute Gasteiger partial charge is 0.327 e. The summed E-state index contributed by atoms with van der Waals surface area (Å²) in [6.07, 6.45) is 3.36. The van der Waals surface area contributed by atoms with Gasteiger partial charge in [-0.15, -0.1) is 11.8 Å². The lowest BCUT2D eigenvalue weighted by molar-refractivity contribution is -0.140. The van der Waals surface area contributed by atoms with Crippen LogP contribution >= 0.6 is 11.8 Å². The van der Waals surface area contributed by atoms with Gasteiger partial charge >= 0.3 is 12.0 Å². The van der Waals surface area contributed by atoms with E-state index >= 15 is 0 Å². The third kappa shape index (κ3) is 3.17. The highest BCUT2D eigenvalue weighted by Crippen LogP contribution is 2.22. The fourth-order valence-corrected chi connectivity index (χ4v) is 3.03. The molecule has 102 valence electrons. The van der Waals surface area contributed by atoms with Gasteiger partial charge in [0.2, 0.25) is 0 Å². The third-order valence-corrected chi connectivity index (χ3v) is 3.89. The fraction of sp³-hybridized carbons (Fsp3) is 0.417. The predicted molar refractivity (Wildman–Crippen MR) is 71.7 cm³/mol. The highest BCUT2D eigenvalue weighted by Gasteiger charge is 2.35. The molecule has 1 aromatic rings. The molecule has 7 heteroatoms. The SMILES string of the molecule is CN(Cc1cccnc1)C(=O)N1CSC[C@H]1C(=O)O. The summed E-state index contributed by atoms with van der Waals surface area (Å²) < 4.78 is 0. The molecule has 1 N–H and O–H groups in total. The molecule has 0 spiro atoms. The molecule has 6 nitrogen and oxygen atoms in total. The van der Waals surface area contributed by atoms with Crippen molar-refractivity contribution in [1.82, 2.24) is 14.8 Å². The maximum atomic E-state index is 12.2. The number of aliphatic carboxylic acids is 1. The lowest BCUT2D eigenvalue weighted by Crippen LogP contribution is -2.47. The number of nitrogens with zero attached hydrogens (tertiary/aromatic N) is 3. The number of amides is 2. The van der Waals surface area contributed by atoms with E-state index in [1.165, 1.54) is 21.6 Å². The van der Waals surface area contributed by atoms with E-state index in [0.29, 0.717) is 18.2 Å². The van der Waals surface area contributed by atoms with Crippen molar-refractivity contribution in [2.45, 2.75) is 12.6 Å². The molecule has 0 aliphatic carbocycles. The minimum atomic E-state index is -0.951. The third-order valence-electron chi connectivity index (χ3n) is 2.88. The van der Waals surface area contributed by atoms with Crippen LogP contribution in [0.1, 0.15) is 5.56 Å². The first kappa shape index (κ1) is 13.7. The van der Waals surface area contributed by atoms with Gasteiger partial charge in [-0.25, -0.2) is 9.59 Å². The van der Waals surface area contributed by atoms with Crippen LogP contribution in [-0.2, 0) is 11.3 Å². The Balaban J connectivity index is 2.01. The van der Waals surface area contributed by atoms with E-state index in [2.05, 4.69) is 4.98 Å². The molecule has 2 heterocycles. The van der Waals surface area contributed by atoms with Gasteiger partial charge in [-0.1, -0.05) is 6.07 Å². The van der Waals surface area contributed by atoms with Crippen molar-refractivity contribution in [2.24, 2.45) is 0 Å². The van der Waals surface area contributed by atoms with Crippen molar-refractivity contribution in [3.8, 4) is 0 Å². The molecule has 1 aliphatic heterocycles. The summed E-state index contributed by atoms with van der Waals surface area (Å²) in [4.78, 5) is 30.2. The Bertz CT molecular complexity index is 469. The van der Waals surface area contributed by atoms with E-state index in [1.54, 1.807) is 25.5 Å². The number of hydrogen-bond acceptors (Lipinski definition) is 4. The van der Waals surface area contributed by atoms with Crippen LogP contribution in [0, 0.1) is 0 Å². The van der Waals surface area contributed by atoms with Gasteiger partial charge in [-0.05, 0) is 11.6 Å². The van der Waals surface area contributed by atoms with Crippen molar-refractivity contribution in [1.29, 1.82) is 0 Å². The Morgan fingerprint density at radius 1 is 1.63 bits per heavy atom. The van der Waals surface area contributed by atoms with E-state index in [1.807, 2.05) is 6.07 Å². The molecule has 1 fully saturated rings. The summed E-state index contributed by atoms with van der Waals surface area (Å²) in [5.74, 6) is -0.0808. The molecule has 2 amide bonds. The molecular weight excluding hydrogens is 266 g/mol. The van der Waals surface area contributed by atoms with Gasteiger partial charge in [-0.3, -0.25) is 4.98 Å². The predicted octanol–water partition coefficient (Wildman–Crippen LogP) is 1.09. The first-order chi connectivity index (χ1) is 9.09. The Kier molecular flexibility index (Phi) is 4.26. The summed E-state index contributed by atoms with van der Waals surface area (Å²) in [6, 6.07) is 2.69. The van der Waals surface area contributed by atoms with Crippen LogP contribution in [0.3, 0.4) is 0 Å². The Hall–Kier alpha value is -1.76. The van der Waals surface area contributed by atoms with Crippen LogP contribution < -0.4 is 0 Å². The molecule has 0 radical (unpaired) electrons. The molecule has 0 bridgehead atoms. The summed E-state index contributed by atoms with van der Waals surface area (Å²) in [5, 5.41) is 9.07. The van der Waals surface area contributed by atoms with Gasteiger partial charge in [0, 0.05) is 31.7 Å². The Morgan fingerprint density at radius 3 is 3.05 bits per heavy atom. The monoisotopic (exact) mass is 281 g/mol. The summed E-state index contributed by atoms with van der Waals surface area (Å²) in [5.41, 5.74) is 0.914. The number of carboxylic acid groups (broad SMARTS) is 1. The molecule has 1 aromatic heterocycles. The van der Waals surface area contributed by atoms with Crippen LogP contribution in [-0.4, -0.2) is 56.6 Å². The quantitative estimate of drug-likeness (QED) is 0.898. The summed E-state index contributed by atoms with van der Waals surface area (Å²) in [6.45, 7) is 0.417. The van der Waals surface area contributed by atoms with E-state index in [0.717, 1.165) is 5.56 Å². The first-order valence-electron chi connectivity index (χ1n) is 5.81. The van der Waals surface area contributed by atoms with E-state index in [4.69, 9.17) is 5.11 Å². The zero-order valence-electron chi connectivity index (χ0n) is 10.5. The fourth-order valence-electron chi connectivity index (χ4n) is 1.89. The largest absolute Gasteiger partial charge is 0.480 e. The Labute approximate surface area is 115 Å². The van der Waals surface area contributed by atoms with Gasteiger partial charge in [0.1, 0.15) is 6.04 Å². The number of carbonyl (C=O) groups excluding carboxylic acids is 1. The average Bonchev–Trinajstić information content (AvgIpc) is 2.88. The second-order valence-corrected chi connectivity index (χ2v) is 5.32. The summed E-state index contributed by atoms with van der Waals surface area (Å²) >= 11 is 1.46. The second-order valence-electron chi connectivity index (χ2n) is 4.32. The van der Waals surface area contributed by atoms with Crippen LogP contribution in [0.25, 0.3) is 0 Å². The highest BCUT2D eigenvalue weighted by atomic mass is 32.2. The van der Waals surface area contributed by atoms with Gasteiger partial charge < -0.3 is 14.9 Å². The van der Waals surface area contributed by atoms with Crippen LogP contribution in [0.4, 0.5) is 4.79 Å². The highest BCUT2D eigenvalue weighted by molar-refractivity contribution is 7.99. The second kappa shape index (κ2) is 5.92. The normalized spacial score (nSPS) is 18.4. The number of rotatable bonds is 3. The number of hydrogen-bond donors (Lipinski definition) is 1. The van der Waals surface area contributed by atoms with Crippen molar-refractivity contribution >= 4 is 23.8 Å². The van der Waals surface area contributed by atoms with Gasteiger partial charge in [0.25, 0.3) is 0 Å². The van der Waals surface area contributed by atoms with Gasteiger partial charge in [-0.2, -0.15) is 0 Å². The molecule has 2 rings (SSSR count). The van der Waals surface area contributed by atoms with Crippen molar-refractivity contribution in [3.63, 3.8) is 0 Å². The standard InChI is InChI=1S/C12H15N3O3S/c1-14(6-9-3-2-4-13-5-9)12(18)15-8-19-7-10(15)11(16)17/h2-5,10H,6-8H2,1H3,(H,16,17)/t10-/m0/s1. The number of thioether (sulfide) groups is 1. The Morgan fingerprint density at radius 2 is 2.42 bits per heavy atom. The maximum absolute atomic E-state index is 12.2. The number of carbonyl (C=O) groups is 2. The minimum Gasteiger partial charge on any atom is -0.480 e. The molecule has 0 aromatic carbocycles. The van der Waals surface area contributed by atoms with E-state index in [9.17, 15) is 9.59 Å². The van der Waals surface area contributed by atoms with Gasteiger partial charge in [0.05, 0.1) is 5.88 Å². The number of carboxylic acids is 1. The number of urea groups is 1. The molecule has 1 atom stereocenters. The van der Waals surface area contributed by atoms with Crippen molar-refractivity contribution in [3.05, 3.63) is 30.1 Å². The lowest BCUT2D eigenvalue weighted by Gasteiger charge is -2.26. The molecule has 0 saturated carbocycles. The topological polar surface area (TPSA) is 73.7 Å². The zero-order valence-corrected chi connectivity index (χ0v) is 11.3.